The normalized spacial score (nSPS) is 31.5. The van der Waals surface area contributed by atoms with Crippen LogP contribution in [0.4, 0.5) is 0 Å². The predicted molar refractivity (Wildman–Crippen MR) is 186 cm³/mol. The van der Waals surface area contributed by atoms with E-state index in [1.165, 1.54) is 74.8 Å². The Morgan fingerprint density at radius 3 is 1.55 bits per heavy atom. The van der Waals surface area contributed by atoms with E-state index in [0.717, 1.165) is 86.9 Å². The Morgan fingerprint density at radius 1 is 0.617 bits per heavy atom. The molecule has 2 aromatic rings. The van der Waals surface area contributed by atoms with Crippen molar-refractivity contribution in [3.63, 3.8) is 0 Å². The van der Waals surface area contributed by atoms with E-state index in [1.54, 1.807) is 36.5 Å². The average molecular weight is 644 g/mol. The summed E-state index contributed by atoms with van der Waals surface area (Å²) in [6, 6.07) is 9.98. The second kappa shape index (κ2) is 16.0. The minimum absolute atomic E-state index is 0.101. The van der Waals surface area contributed by atoms with Crippen LogP contribution in [-0.2, 0) is 9.59 Å². The van der Waals surface area contributed by atoms with Crippen LogP contribution in [0.2, 0.25) is 0 Å². The lowest BCUT2D eigenvalue weighted by Gasteiger charge is -2.37. The fourth-order valence-corrected chi connectivity index (χ4v) is 9.64. The van der Waals surface area contributed by atoms with E-state index in [4.69, 9.17) is 9.47 Å². The molecule has 4 saturated carbocycles. The number of carbonyl (C=O) groups is 2. The van der Waals surface area contributed by atoms with Crippen molar-refractivity contribution in [2.75, 3.05) is 0 Å². The number of ether oxygens (including phenoxy) is 2. The zero-order chi connectivity index (χ0) is 32.8. The molecule has 0 radical (unpaired) electrons. The third kappa shape index (κ3) is 8.40. The molecule has 0 amide bonds. The first kappa shape index (κ1) is 34.0. The van der Waals surface area contributed by atoms with Crippen LogP contribution < -0.4 is 15.0 Å². The molecule has 0 saturated heterocycles. The number of hydrogen-bond donors (Lipinski definition) is 0. The van der Waals surface area contributed by atoms with Gasteiger partial charge in [-0.05, 0) is 131 Å². The Balaban J connectivity index is 1.06. The highest BCUT2D eigenvalue weighted by molar-refractivity contribution is 5.78. The Kier molecular flexibility index (Phi) is 11.6. The standard InChI is InChI=1S/C41H57NO5/c1-3-28-8-12-30(13-9-28)32-16-20-34(21-17-32)40(44)46-36-24-25-38(37(27-36)42-26-6-5-7-39(42)43)47-41(45)35-22-18-33(19-23-35)31-14-10-29(4-2)11-15-31/h5-7,24-35H,3-4,8-23H2,1-2H3. The van der Waals surface area contributed by atoms with Crippen molar-refractivity contribution in [3.8, 4) is 17.2 Å². The summed E-state index contributed by atoms with van der Waals surface area (Å²) >= 11 is 0. The van der Waals surface area contributed by atoms with Gasteiger partial charge in [-0.1, -0.05) is 58.4 Å². The van der Waals surface area contributed by atoms with Gasteiger partial charge < -0.3 is 9.47 Å². The molecule has 6 nitrogen and oxygen atoms in total. The topological polar surface area (TPSA) is 74.6 Å². The highest BCUT2D eigenvalue weighted by Crippen LogP contribution is 2.44. The zero-order valence-electron chi connectivity index (χ0n) is 28.9. The van der Waals surface area contributed by atoms with Crippen molar-refractivity contribution in [3.05, 3.63) is 52.9 Å². The molecule has 256 valence electrons. The maximum atomic E-state index is 13.4. The summed E-state index contributed by atoms with van der Waals surface area (Å²) in [5.74, 6) is 4.92. The molecule has 4 aliphatic carbocycles. The molecule has 0 aliphatic heterocycles. The molecule has 6 rings (SSSR count). The van der Waals surface area contributed by atoms with Crippen LogP contribution in [0.3, 0.4) is 0 Å². The van der Waals surface area contributed by atoms with E-state index in [2.05, 4.69) is 13.8 Å². The molecular weight excluding hydrogens is 586 g/mol. The minimum Gasteiger partial charge on any atom is -0.426 e. The molecule has 0 unspecified atom stereocenters. The minimum atomic E-state index is -0.238. The molecule has 1 aromatic heterocycles. The number of rotatable bonds is 9. The monoisotopic (exact) mass is 643 g/mol. The summed E-state index contributed by atoms with van der Waals surface area (Å²) in [6.07, 6.45) is 22.9. The van der Waals surface area contributed by atoms with Gasteiger partial charge in [0.25, 0.3) is 5.56 Å². The van der Waals surface area contributed by atoms with Gasteiger partial charge in [0, 0.05) is 18.3 Å². The van der Waals surface area contributed by atoms with Crippen molar-refractivity contribution in [2.45, 2.75) is 129 Å². The van der Waals surface area contributed by atoms with Crippen molar-refractivity contribution in [1.82, 2.24) is 4.57 Å². The Hall–Kier alpha value is -2.89. The molecule has 47 heavy (non-hydrogen) atoms. The van der Waals surface area contributed by atoms with Crippen LogP contribution in [-0.4, -0.2) is 16.5 Å². The van der Waals surface area contributed by atoms with Gasteiger partial charge in [0.05, 0.1) is 17.5 Å². The summed E-state index contributed by atoms with van der Waals surface area (Å²) in [7, 11) is 0. The summed E-state index contributed by atoms with van der Waals surface area (Å²) in [4.78, 5) is 39.6. The lowest BCUT2D eigenvalue weighted by atomic mass is 9.69. The van der Waals surface area contributed by atoms with Crippen LogP contribution in [0.15, 0.2) is 47.4 Å². The molecule has 0 atom stereocenters. The van der Waals surface area contributed by atoms with Gasteiger partial charge >= 0.3 is 11.9 Å². The highest BCUT2D eigenvalue weighted by atomic mass is 16.5. The van der Waals surface area contributed by atoms with E-state index in [9.17, 15) is 14.4 Å². The number of esters is 2. The van der Waals surface area contributed by atoms with Crippen molar-refractivity contribution >= 4 is 11.9 Å². The summed E-state index contributed by atoms with van der Waals surface area (Å²) in [5.41, 5.74) is 0.180. The van der Waals surface area contributed by atoms with Gasteiger partial charge in [-0.2, -0.15) is 0 Å². The molecular formula is C41H57NO5. The quantitative estimate of drug-likeness (QED) is 0.201. The Morgan fingerprint density at radius 2 is 1.09 bits per heavy atom. The molecule has 0 spiro atoms. The molecule has 4 fully saturated rings. The second-order valence-corrected chi connectivity index (χ2v) is 15.5. The van der Waals surface area contributed by atoms with Crippen LogP contribution in [0.1, 0.15) is 129 Å². The van der Waals surface area contributed by atoms with Crippen molar-refractivity contribution in [1.29, 1.82) is 0 Å². The largest absolute Gasteiger partial charge is 0.426 e. The molecule has 6 heteroatoms. The van der Waals surface area contributed by atoms with Crippen LogP contribution in [0, 0.1) is 47.3 Å². The number of hydrogen-bond acceptors (Lipinski definition) is 5. The Bertz CT molecular complexity index is 1380. The van der Waals surface area contributed by atoms with Crippen molar-refractivity contribution in [2.24, 2.45) is 47.3 Å². The number of aromatic nitrogens is 1. The lowest BCUT2D eigenvalue weighted by Crippen LogP contribution is -2.30. The van der Waals surface area contributed by atoms with E-state index < -0.39 is 0 Å². The number of nitrogens with zero attached hydrogens (tertiary/aromatic N) is 1. The fourth-order valence-electron chi connectivity index (χ4n) is 9.64. The SMILES string of the molecule is CCC1CCC(C2CCC(C(=O)Oc3ccc(OC(=O)C4CCC(C5CCC(CC)CC5)CC4)c(-n4ccccc4=O)c3)CC2)CC1. The summed E-state index contributed by atoms with van der Waals surface area (Å²) in [5, 5.41) is 0. The van der Waals surface area contributed by atoms with Crippen LogP contribution in [0.25, 0.3) is 5.69 Å². The van der Waals surface area contributed by atoms with E-state index in [0.29, 0.717) is 17.2 Å². The molecule has 1 heterocycles. The van der Waals surface area contributed by atoms with Gasteiger partial charge in [0.1, 0.15) is 5.75 Å². The zero-order valence-corrected chi connectivity index (χ0v) is 28.9. The number of carbonyl (C=O) groups excluding carboxylic acids is 2. The molecule has 1 aromatic carbocycles. The first-order valence-corrected chi connectivity index (χ1v) is 19.2. The smallest absolute Gasteiger partial charge is 0.314 e. The fraction of sp³-hybridized carbons (Fsp3) is 0.683. The van der Waals surface area contributed by atoms with Gasteiger partial charge in [0.2, 0.25) is 0 Å². The van der Waals surface area contributed by atoms with Crippen LogP contribution in [0.5, 0.6) is 11.5 Å². The van der Waals surface area contributed by atoms with Gasteiger partial charge in [-0.25, -0.2) is 0 Å². The molecule has 0 bridgehead atoms. The van der Waals surface area contributed by atoms with Crippen molar-refractivity contribution < 1.29 is 19.1 Å². The third-order valence-corrected chi connectivity index (χ3v) is 12.9. The van der Waals surface area contributed by atoms with Gasteiger partial charge in [0.15, 0.2) is 5.75 Å². The van der Waals surface area contributed by atoms with Gasteiger partial charge in [-0.15, -0.1) is 0 Å². The highest BCUT2D eigenvalue weighted by Gasteiger charge is 2.35. The first-order chi connectivity index (χ1) is 22.9. The summed E-state index contributed by atoms with van der Waals surface area (Å²) < 4.78 is 13.4. The van der Waals surface area contributed by atoms with E-state index in [-0.39, 0.29) is 29.3 Å². The maximum Gasteiger partial charge on any atom is 0.314 e. The number of benzene rings is 1. The van der Waals surface area contributed by atoms with Crippen LogP contribution >= 0.6 is 0 Å². The second-order valence-electron chi connectivity index (χ2n) is 15.5. The lowest BCUT2D eigenvalue weighted by molar-refractivity contribution is -0.141. The predicted octanol–water partition coefficient (Wildman–Crippen LogP) is 9.69. The summed E-state index contributed by atoms with van der Waals surface area (Å²) in [6.45, 7) is 4.62. The number of pyridine rings is 1. The average Bonchev–Trinajstić information content (AvgIpc) is 3.12. The first-order valence-electron chi connectivity index (χ1n) is 19.2. The maximum absolute atomic E-state index is 13.4. The van der Waals surface area contributed by atoms with E-state index >= 15 is 0 Å². The van der Waals surface area contributed by atoms with E-state index in [1.807, 2.05) is 0 Å². The third-order valence-electron chi connectivity index (χ3n) is 12.9. The molecule has 4 aliphatic rings. The Labute approximate surface area is 282 Å². The van der Waals surface area contributed by atoms with Gasteiger partial charge in [-0.3, -0.25) is 19.0 Å². The molecule has 0 N–H and O–H groups in total.